The summed E-state index contributed by atoms with van der Waals surface area (Å²) in [5.74, 6) is -0.773. The molecular formula is C16H16N2O4. The molecule has 0 bridgehead atoms. The molecule has 0 atom stereocenters. The number of carbonyl (C=O) groups excluding carboxylic acids is 2. The van der Waals surface area contributed by atoms with Crippen molar-refractivity contribution in [1.29, 1.82) is 0 Å². The Morgan fingerprint density at radius 3 is 2.45 bits per heavy atom. The highest BCUT2D eigenvalue weighted by Crippen LogP contribution is 2.09. The highest BCUT2D eigenvalue weighted by molar-refractivity contribution is 5.93. The van der Waals surface area contributed by atoms with E-state index in [1.807, 2.05) is 0 Å². The van der Waals surface area contributed by atoms with Crippen molar-refractivity contribution in [2.45, 2.75) is 6.54 Å². The summed E-state index contributed by atoms with van der Waals surface area (Å²) >= 11 is 0. The average molecular weight is 300 g/mol. The lowest BCUT2D eigenvalue weighted by Crippen LogP contribution is -2.31. The minimum atomic E-state index is -0.416. The predicted octanol–water partition coefficient (Wildman–Crippen LogP) is 1.43. The third-order valence-corrected chi connectivity index (χ3v) is 3.19. The van der Waals surface area contributed by atoms with Crippen molar-refractivity contribution in [3.63, 3.8) is 0 Å². The van der Waals surface area contributed by atoms with Crippen LogP contribution in [0.3, 0.4) is 0 Å². The van der Waals surface area contributed by atoms with Crippen LogP contribution in [0.15, 0.2) is 47.4 Å². The van der Waals surface area contributed by atoms with Gasteiger partial charge in [-0.15, -0.1) is 0 Å². The molecule has 0 unspecified atom stereocenters. The van der Waals surface area contributed by atoms with Gasteiger partial charge in [-0.05, 0) is 29.8 Å². The number of pyridine rings is 1. The molecule has 22 heavy (non-hydrogen) atoms. The van der Waals surface area contributed by atoms with Crippen molar-refractivity contribution < 1.29 is 14.3 Å². The summed E-state index contributed by atoms with van der Waals surface area (Å²) in [5.41, 5.74) is 0.965. The van der Waals surface area contributed by atoms with E-state index < -0.39 is 11.5 Å². The predicted molar refractivity (Wildman–Crippen MR) is 80.6 cm³/mol. The van der Waals surface area contributed by atoms with Gasteiger partial charge < -0.3 is 14.6 Å². The first-order chi connectivity index (χ1) is 10.5. The first-order valence-electron chi connectivity index (χ1n) is 6.63. The second-order valence-corrected chi connectivity index (χ2v) is 4.76. The number of nitrogens with one attached hydrogen (secondary N) is 1. The summed E-state index contributed by atoms with van der Waals surface area (Å²) in [4.78, 5) is 39.1. The quantitative estimate of drug-likeness (QED) is 0.866. The fourth-order valence-corrected chi connectivity index (χ4v) is 2.01. The van der Waals surface area contributed by atoms with Crippen LogP contribution in [0.25, 0.3) is 0 Å². The van der Waals surface area contributed by atoms with E-state index in [1.165, 1.54) is 24.3 Å². The highest BCUT2D eigenvalue weighted by atomic mass is 16.5. The van der Waals surface area contributed by atoms with Crippen molar-refractivity contribution in [2.24, 2.45) is 0 Å². The van der Waals surface area contributed by atoms with Gasteiger partial charge in [-0.3, -0.25) is 9.59 Å². The molecule has 2 aromatic rings. The molecule has 0 saturated heterocycles. The minimum Gasteiger partial charge on any atom is -0.465 e. The zero-order chi connectivity index (χ0) is 16.1. The molecular weight excluding hydrogens is 284 g/mol. The molecule has 0 aliphatic heterocycles. The van der Waals surface area contributed by atoms with E-state index in [9.17, 15) is 14.4 Å². The largest absolute Gasteiger partial charge is 0.465 e. The molecule has 1 aromatic heterocycles. The number of hydrogen-bond acceptors (Lipinski definition) is 4. The number of methoxy groups -OCH3 is 1. The van der Waals surface area contributed by atoms with E-state index in [2.05, 4.69) is 9.72 Å². The number of esters is 1. The second-order valence-electron chi connectivity index (χ2n) is 4.76. The summed E-state index contributed by atoms with van der Waals surface area (Å²) < 4.78 is 4.62. The number of benzene rings is 1. The summed E-state index contributed by atoms with van der Waals surface area (Å²) in [6.07, 6.45) is 1.48. The Morgan fingerprint density at radius 1 is 1.18 bits per heavy atom. The molecule has 6 heteroatoms. The molecule has 114 valence electrons. The molecule has 1 N–H and O–H groups in total. The van der Waals surface area contributed by atoms with Gasteiger partial charge in [0.25, 0.3) is 11.5 Å². The molecule has 0 spiro atoms. The van der Waals surface area contributed by atoms with Crippen LogP contribution in [0.4, 0.5) is 0 Å². The lowest BCUT2D eigenvalue weighted by molar-refractivity contribution is 0.0600. The van der Waals surface area contributed by atoms with Gasteiger partial charge in [0.1, 0.15) is 5.56 Å². The smallest absolute Gasteiger partial charge is 0.337 e. The van der Waals surface area contributed by atoms with E-state index in [-0.39, 0.29) is 11.5 Å². The van der Waals surface area contributed by atoms with Crippen molar-refractivity contribution in [3.05, 3.63) is 69.6 Å². The van der Waals surface area contributed by atoms with Crippen LogP contribution in [0, 0.1) is 0 Å². The Bertz CT molecular complexity index is 734. The molecule has 0 aliphatic carbocycles. The van der Waals surface area contributed by atoms with Crippen LogP contribution >= 0.6 is 0 Å². The number of aromatic nitrogens is 1. The third-order valence-electron chi connectivity index (χ3n) is 3.19. The summed E-state index contributed by atoms with van der Waals surface area (Å²) in [6, 6.07) is 9.84. The molecule has 6 nitrogen and oxygen atoms in total. The van der Waals surface area contributed by atoms with E-state index in [4.69, 9.17) is 0 Å². The van der Waals surface area contributed by atoms with Gasteiger partial charge in [0, 0.05) is 19.8 Å². The second kappa shape index (κ2) is 6.71. The molecule has 0 aliphatic rings. The number of ether oxygens (including phenoxy) is 1. The topological polar surface area (TPSA) is 79.5 Å². The van der Waals surface area contributed by atoms with Gasteiger partial charge in [0.05, 0.1) is 12.7 Å². The summed E-state index contributed by atoms with van der Waals surface area (Å²) in [5, 5.41) is 0. The normalized spacial score (nSPS) is 10.1. The summed E-state index contributed by atoms with van der Waals surface area (Å²) in [7, 11) is 2.93. The maximum Gasteiger partial charge on any atom is 0.337 e. The average Bonchev–Trinajstić information content (AvgIpc) is 2.54. The molecule has 1 aromatic carbocycles. The van der Waals surface area contributed by atoms with Crippen molar-refractivity contribution in [2.75, 3.05) is 14.2 Å². The monoisotopic (exact) mass is 300 g/mol. The lowest BCUT2D eigenvalue weighted by atomic mass is 10.1. The fraction of sp³-hybridized carbons (Fsp3) is 0.188. The SMILES string of the molecule is COC(=O)c1ccc(CN(C)C(=O)c2ccc[nH]c2=O)cc1. The Labute approximate surface area is 127 Å². The van der Waals surface area contributed by atoms with Gasteiger partial charge in [-0.2, -0.15) is 0 Å². The van der Waals surface area contributed by atoms with Crippen LogP contribution in [-0.2, 0) is 11.3 Å². The van der Waals surface area contributed by atoms with E-state index in [0.717, 1.165) is 5.56 Å². The molecule has 1 amide bonds. The number of aromatic amines is 1. The van der Waals surface area contributed by atoms with Crippen LogP contribution in [0.2, 0.25) is 0 Å². The number of H-pyrrole nitrogens is 1. The number of carbonyl (C=O) groups is 2. The van der Waals surface area contributed by atoms with Crippen LogP contribution in [0.1, 0.15) is 26.3 Å². The van der Waals surface area contributed by atoms with Gasteiger partial charge in [0.15, 0.2) is 0 Å². The Morgan fingerprint density at radius 2 is 1.86 bits per heavy atom. The molecule has 0 fully saturated rings. The zero-order valence-electron chi connectivity index (χ0n) is 12.3. The van der Waals surface area contributed by atoms with E-state index in [1.54, 1.807) is 37.4 Å². The standard InChI is InChI=1S/C16H16N2O4/c1-18(15(20)13-4-3-9-17-14(13)19)10-11-5-7-12(8-6-11)16(21)22-2/h3-9H,10H2,1-2H3,(H,17,19). The van der Waals surface area contributed by atoms with Crippen molar-refractivity contribution in [3.8, 4) is 0 Å². The van der Waals surface area contributed by atoms with Crippen LogP contribution < -0.4 is 5.56 Å². The molecule has 2 rings (SSSR count). The number of hydrogen-bond donors (Lipinski definition) is 1. The minimum absolute atomic E-state index is 0.0937. The lowest BCUT2D eigenvalue weighted by Gasteiger charge is -2.17. The number of amides is 1. The maximum absolute atomic E-state index is 12.2. The number of rotatable bonds is 4. The Hall–Kier alpha value is -2.89. The van der Waals surface area contributed by atoms with Crippen molar-refractivity contribution in [1.82, 2.24) is 9.88 Å². The van der Waals surface area contributed by atoms with Crippen molar-refractivity contribution >= 4 is 11.9 Å². The first kappa shape index (κ1) is 15.5. The molecule has 1 heterocycles. The first-order valence-corrected chi connectivity index (χ1v) is 6.63. The molecule has 0 radical (unpaired) electrons. The van der Waals surface area contributed by atoms with E-state index in [0.29, 0.717) is 12.1 Å². The summed E-state index contributed by atoms with van der Waals surface area (Å²) in [6.45, 7) is 0.328. The van der Waals surface area contributed by atoms with E-state index >= 15 is 0 Å². The Kier molecular flexibility index (Phi) is 4.73. The Balaban J connectivity index is 2.10. The third kappa shape index (κ3) is 3.41. The van der Waals surface area contributed by atoms with Gasteiger partial charge >= 0.3 is 5.97 Å². The highest BCUT2D eigenvalue weighted by Gasteiger charge is 2.15. The maximum atomic E-state index is 12.2. The van der Waals surface area contributed by atoms with Crippen LogP contribution in [-0.4, -0.2) is 35.9 Å². The van der Waals surface area contributed by atoms with Crippen LogP contribution in [0.5, 0.6) is 0 Å². The molecule has 0 saturated carbocycles. The van der Waals surface area contributed by atoms with Gasteiger partial charge in [-0.1, -0.05) is 12.1 Å². The number of nitrogens with zero attached hydrogens (tertiary/aromatic N) is 1. The zero-order valence-corrected chi connectivity index (χ0v) is 12.3. The van der Waals surface area contributed by atoms with Gasteiger partial charge in [0.2, 0.25) is 0 Å². The van der Waals surface area contributed by atoms with Gasteiger partial charge in [-0.25, -0.2) is 4.79 Å². The fourth-order valence-electron chi connectivity index (χ4n) is 2.01.